The lowest BCUT2D eigenvalue weighted by Gasteiger charge is -2.34. The number of hydrogen-bond donors (Lipinski definition) is 0. The first kappa shape index (κ1) is 13.8. The molecule has 1 aliphatic carbocycles. The van der Waals surface area contributed by atoms with Gasteiger partial charge in [-0.25, -0.2) is 0 Å². The van der Waals surface area contributed by atoms with Crippen LogP contribution in [0.15, 0.2) is 0 Å². The average molecular weight is 304 g/mol. The van der Waals surface area contributed by atoms with E-state index in [2.05, 4.69) is 27.9 Å². The van der Waals surface area contributed by atoms with Gasteiger partial charge in [-0.05, 0) is 44.6 Å². The Balaban J connectivity index is 1.77. The molecule has 0 aromatic carbocycles. The zero-order valence-electron chi connectivity index (χ0n) is 11.1. The largest absolute Gasteiger partial charge is 0.377 e. The Bertz CT molecular complexity index is 222. The molecule has 17 heavy (non-hydrogen) atoms. The highest BCUT2D eigenvalue weighted by Crippen LogP contribution is 2.40. The monoisotopic (exact) mass is 303 g/mol. The van der Waals surface area contributed by atoms with Crippen molar-refractivity contribution in [3.63, 3.8) is 0 Å². The molecule has 0 N–H and O–H groups in total. The van der Waals surface area contributed by atoms with Crippen LogP contribution in [0.1, 0.15) is 44.9 Å². The molecule has 0 radical (unpaired) electrons. The number of nitrogens with zero attached hydrogens (tertiary/aromatic N) is 1. The van der Waals surface area contributed by atoms with Gasteiger partial charge in [0, 0.05) is 25.0 Å². The van der Waals surface area contributed by atoms with Crippen molar-refractivity contribution in [3.05, 3.63) is 0 Å². The summed E-state index contributed by atoms with van der Waals surface area (Å²) in [6.45, 7) is 3.33. The van der Waals surface area contributed by atoms with Gasteiger partial charge in [-0.1, -0.05) is 28.8 Å². The van der Waals surface area contributed by atoms with Crippen LogP contribution in [0.2, 0.25) is 0 Å². The summed E-state index contributed by atoms with van der Waals surface area (Å²) in [5.74, 6) is 0. The number of alkyl halides is 1. The Kier molecular flexibility index (Phi) is 5.31. The van der Waals surface area contributed by atoms with Gasteiger partial charge in [-0.15, -0.1) is 0 Å². The first-order chi connectivity index (χ1) is 8.24. The Morgan fingerprint density at radius 2 is 2.00 bits per heavy atom. The number of ether oxygens (including phenoxy) is 1. The van der Waals surface area contributed by atoms with Crippen LogP contribution in [-0.4, -0.2) is 43.1 Å². The number of rotatable bonds is 5. The van der Waals surface area contributed by atoms with Crippen molar-refractivity contribution < 1.29 is 4.74 Å². The van der Waals surface area contributed by atoms with E-state index >= 15 is 0 Å². The van der Waals surface area contributed by atoms with Crippen molar-refractivity contribution in [1.29, 1.82) is 0 Å². The second kappa shape index (κ2) is 6.53. The maximum absolute atomic E-state index is 5.83. The molecule has 0 aromatic rings. The number of hydrogen-bond acceptors (Lipinski definition) is 2. The van der Waals surface area contributed by atoms with Crippen LogP contribution >= 0.6 is 15.9 Å². The summed E-state index contributed by atoms with van der Waals surface area (Å²) in [7, 11) is 2.26. The van der Waals surface area contributed by atoms with Gasteiger partial charge in [0.15, 0.2) is 0 Å². The maximum atomic E-state index is 5.83. The third kappa shape index (κ3) is 3.93. The van der Waals surface area contributed by atoms with E-state index in [-0.39, 0.29) is 0 Å². The molecule has 1 atom stereocenters. The molecule has 1 saturated heterocycles. The van der Waals surface area contributed by atoms with Crippen molar-refractivity contribution in [1.82, 2.24) is 4.90 Å². The van der Waals surface area contributed by atoms with Gasteiger partial charge in [0.25, 0.3) is 0 Å². The lowest BCUT2D eigenvalue weighted by Crippen LogP contribution is -2.40. The van der Waals surface area contributed by atoms with Gasteiger partial charge in [0.1, 0.15) is 0 Å². The Morgan fingerprint density at radius 1 is 1.24 bits per heavy atom. The summed E-state index contributed by atoms with van der Waals surface area (Å²) in [5.41, 5.74) is 0.545. The highest BCUT2D eigenvalue weighted by molar-refractivity contribution is 9.09. The van der Waals surface area contributed by atoms with Crippen molar-refractivity contribution in [2.24, 2.45) is 5.41 Å². The minimum Gasteiger partial charge on any atom is -0.377 e. The number of halogens is 1. The van der Waals surface area contributed by atoms with Gasteiger partial charge in [-0.3, -0.25) is 0 Å². The normalized spacial score (nSPS) is 28.8. The van der Waals surface area contributed by atoms with Crippen LogP contribution in [0.25, 0.3) is 0 Å². The van der Waals surface area contributed by atoms with Gasteiger partial charge < -0.3 is 9.64 Å². The predicted molar refractivity (Wildman–Crippen MR) is 75.8 cm³/mol. The zero-order valence-corrected chi connectivity index (χ0v) is 12.7. The van der Waals surface area contributed by atoms with E-state index < -0.39 is 0 Å². The SMILES string of the molecule is CN(CC1CCCCO1)CC1(CBr)CCCC1. The molecule has 2 aliphatic rings. The van der Waals surface area contributed by atoms with Crippen molar-refractivity contribution in [2.45, 2.75) is 51.0 Å². The Labute approximate surface area is 114 Å². The summed E-state index contributed by atoms with van der Waals surface area (Å²) in [5, 5.41) is 1.16. The van der Waals surface area contributed by atoms with Crippen LogP contribution in [0.5, 0.6) is 0 Å². The molecule has 3 heteroatoms. The number of likely N-dealkylation sites (N-methyl/N-ethyl adjacent to an activating group) is 1. The second-order valence-electron chi connectivity index (χ2n) is 6.03. The van der Waals surface area contributed by atoms with Gasteiger partial charge in [0.2, 0.25) is 0 Å². The molecule has 1 aliphatic heterocycles. The summed E-state index contributed by atoms with van der Waals surface area (Å²) in [4.78, 5) is 2.50. The maximum Gasteiger partial charge on any atom is 0.0701 e. The van der Waals surface area contributed by atoms with Crippen LogP contribution in [0, 0.1) is 5.41 Å². The van der Waals surface area contributed by atoms with Crippen LogP contribution in [-0.2, 0) is 4.74 Å². The molecule has 2 rings (SSSR count). The van der Waals surface area contributed by atoms with Gasteiger partial charge >= 0.3 is 0 Å². The molecule has 1 unspecified atom stereocenters. The fraction of sp³-hybridized carbons (Fsp3) is 1.00. The quantitative estimate of drug-likeness (QED) is 0.721. The van der Waals surface area contributed by atoms with E-state index in [1.165, 1.54) is 51.5 Å². The first-order valence-corrected chi connectivity index (χ1v) is 8.22. The topological polar surface area (TPSA) is 12.5 Å². The second-order valence-corrected chi connectivity index (χ2v) is 6.59. The van der Waals surface area contributed by atoms with Crippen molar-refractivity contribution in [3.8, 4) is 0 Å². The minimum atomic E-state index is 0.488. The summed E-state index contributed by atoms with van der Waals surface area (Å²) < 4.78 is 5.83. The fourth-order valence-electron chi connectivity index (χ4n) is 3.40. The summed E-state index contributed by atoms with van der Waals surface area (Å²) in [6.07, 6.45) is 9.97. The molecule has 2 fully saturated rings. The van der Waals surface area contributed by atoms with E-state index in [0.717, 1.165) is 18.5 Å². The zero-order chi connectivity index (χ0) is 12.1. The van der Waals surface area contributed by atoms with Crippen LogP contribution in [0.3, 0.4) is 0 Å². The molecule has 0 aromatic heterocycles. The highest BCUT2D eigenvalue weighted by atomic mass is 79.9. The lowest BCUT2D eigenvalue weighted by molar-refractivity contribution is -0.00646. The molecule has 1 saturated carbocycles. The smallest absolute Gasteiger partial charge is 0.0701 e. The molecule has 0 spiro atoms. The van der Waals surface area contributed by atoms with Gasteiger partial charge in [0.05, 0.1) is 6.10 Å². The van der Waals surface area contributed by atoms with E-state index in [4.69, 9.17) is 4.74 Å². The molecule has 0 bridgehead atoms. The third-order valence-corrected chi connectivity index (χ3v) is 5.53. The van der Waals surface area contributed by atoms with E-state index in [1.54, 1.807) is 0 Å². The Morgan fingerprint density at radius 3 is 2.59 bits per heavy atom. The summed E-state index contributed by atoms with van der Waals surface area (Å²) >= 11 is 3.73. The molecule has 0 amide bonds. The minimum absolute atomic E-state index is 0.488. The first-order valence-electron chi connectivity index (χ1n) is 7.10. The van der Waals surface area contributed by atoms with E-state index in [0.29, 0.717) is 11.5 Å². The fourth-order valence-corrected chi connectivity index (χ4v) is 4.13. The Hall–Kier alpha value is 0.400. The molecule has 1 heterocycles. The molecule has 2 nitrogen and oxygen atoms in total. The average Bonchev–Trinajstić information content (AvgIpc) is 2.79. The molecular formula is C14H26BrNO. The van der Waals surface area contributed by atoms with E-state index in [1.807, 2.05) is 0 Å². The van der Waals surface area contributed by atoms with Crippen molar-refractivity contribution >= 4 is 15.9 Å². The standard InChI is InChI=1S/C14H26BrNO/c1-16(10-13-6-2-5-9-17-13)12-14(11-15)7-3-4-8-14/h13H,2-12H2,1H3. The third-order valence-electron chi connectivity index (χ3n) is 4.34. The van der Waals surface area contributed by atoms with Crippen LogP contribution in [0.4, 0.5) is 0 Å². The predicted octanol–water partition coefficient (Wildman–Crippen LogP) is 3.44. The lowest BCUT2D eigenvalue weighted by atomic mass is 9.88. The molecular weight excluding hydrogens is 278 g/mol. The van der Waals surface area contributed by atoms with Crippen molar-refractivity contribution in [2.75, 3.05) is 32.1 Å². The van der Waals surface area contributed by atoms with Gasteiger partial charge in [-0.2, -0.15) is 0 Å². The van der Waals surface area contributed by atoms with Crippen LogP contribution < -0.4 is 0 Å². The summed E-state index contributed by atoms with van der Waals surface area (Å²) in [6, 6.07) is 0. The highest BCUT2D eigenvalue weighted by Gasteiger charge is 2.34. The molecule has 100 valence electrons. The van der Waals surface area contributed by atoms with E-state index in [9.17, 15) is 0 Å².